The highest BCUT2D eigenvalue weighted by Crippen LogP contribution is 2.22. The Morgan fingerprint density at radius 3 is 2.69 bits per heavy atom. The zero-order chi connectivity index (χ0) is 20.9. The molecular weight excluding hydrogens is 364 g/mol. The lowest BCUT2D eigenvalue weighted by Gasteiger charge is -2.20. The Kier molecular flexibility index (Phi) is 9.63. The summed E-state index contributed by atoms with van der Waals surface area (Å²) in [5.74, 6) is -1.04. The van der Waals surface area contributed by atoms with Crippen LogP contribution in [0.1, 0.15) is 44.9 Å². The van der Waals surface area contributed by atoms with Gasteiger partial charge in [0.1, 0.15) is 0 Å². The molecule has 1 aliphatic heterocycles. The first kappa shape index (κ1) is 22.3. The van der Waals surface area contributed by atoms with Crippen molar-refractivity contribution in [3.05, 3.63) is 78.6 Å². The topological polar surface area (TPSA) is 75.3 Å². The predicted molar refractivity (Wildman–Crippen MR) is 116 cm³/mol. The lowest BCUT2D eigenvalue weighted by Crippen LogP contribution is -2.34. The molecule has 2 rings (SSSR count). The molecule has 2 aliphatic rings. The molecule has 0 aromatic carbocycles. The molecule has 2 N–H and O–H groups in total. The minimum Gasteiger partial charge on any atom is -0.378 e. The molecule has 0 spiro atoms. The first-order valence-corrected chi connectivity index (χ1v) is 10.1. The molecule has 0 saturated carbocycles. The predicted octanol–water partition coefficient (Wildman–Crippen LogP) is 3.79. The Hall–Kier alpha value is -2.95. The second-order valence-electron chi connectivity index (χ2n) is 6.90. The van der Waals surface area contributed by atoms with Crippen molar-refractivity contribution in [3.8, 4) is 0 Å². The van der Waals surface area contributed by atoms with E-state index in [-0.39, 0.29) is 17.3 Å². The summed E-state index contributed by atoms with van der Waals surface area (Å²) >= 11 is 0. The highest BCUT2D eigenvalue weighted by atomic mass is 16.2. The molecule has 0 fully saturated rings. The lowest BCUT2D eigenvalue weighted by atomic mass is 9.92. The molecular formula is C24H29N2O3. The van der Waals surface area contributed by atoms with Gasteiger partial charge in [-0.3, -0.25) is 14.4 Å². The van der Waals surface area contributed by atoms with Gasteiger partial charge in [0.05, 0.1) is 11.4 Å². The number of carbonyl (C=O) groups is 3. The molecule has 5 heteroatoms. The van der Waals surface area contributed by atoms with E-state index in [0.717, 1.165) is 38.5 Å². The molecule has 0 aromatic heterocycles. The second-order valence-corrected chi connectivity index (χ2v) is 6.90. The fraction of sp³-hybridized carbons (Fsp3) is 0.333. The Morgan fingerprint density at radius 1 is 1.03 bits per heavy atom. The highest BCUT2D eigenvalue weighted by molar-refractivity contribution is 6.23. The third-order valence-corrected chi connectivity index (χ3v) is 4.61. The number of ketones is 2. The Balaban J connectivity index is 2.19. The summed E-state index contributed by atoms with van der Waals surface area (Å²) in [6.07, 6.45) is 22.1. The van der Waals surface area contributed by atoms with E-state index in [4.69, 9.17) is 0 Å². The van der Waals surface area contributed by atoms with Crippen LogP contribution in [-0.2, 0) is 14.4 Å². The van der Waals surface area contributed by atoms with Crippen LogP contribution < -0.4 is 10.6 Å². The van der Waals surface area contributed by atoms with Gasteiger partial charge in [-0.2, -0.15) is 0 Å². The van der Waals surface area contributed by atoms with E-state index in [0.29, 0.717) is 24.2 Å². The summed E-state index contributed by atoms with van der Waals surface area (Å²) in [6, 6.07) is 0. The smallest absolute Gasteiger partial charge is 0.248 e. The fourth-order valence-corrected chi connectivity index (χ4v) is 3.13. The number of allylic oxidation sites excluding steroid dienone is 7. The molecule has 0 saturated heterocycles. The maximum atomic E-state index is 12.9. The quantitative estimate of drug-likeness (QED) is 0.565. The van der Waals surface area contributed by atoms with Crippen LogP contribution in [0.15, 0.2) is 72.2 Å². The number of hydrogen-bond acceptors (Lipinski definition) is 4. The zero-order valence-corrected chi connectivity index (χ0v) is 16.8. The highest BCUT2D eigenvalue weighted by Gasteiger charge is 2.28. The van der Waals surface area contributed by atoms with E-state index >= 15 is 0 Å². The summed E-state index contributed by atoms with van der Waals surface area (Å²) in [5, 5.41) is 5.54. The van der Waals surface area contributed by atoms with Crippen LogP contribution in [0.4, 0.5) is 0 Å². The van der Waals surface area contributed by atoms with E-state index in [2.05, 4.69) is 35.8 Å². The summed E-state index contributed by atoms with van der Waals surface area (Å²) in [5.41, 5.74) is 0.782. The van der Waals surface area contributed by atoms with Gasteiger partial charge in [-0.15, -0.1) is 6.58 Å². The van der Waals surface area contributed by atoms with Crippen LogP contribution in [0.2, 0.25) is 0 Å². The van der Waals surface area contributed by atoms with E-state index in [1.165, 1.54) is 12.2 Å². The molecule has 5 nitrogen and oxygen atoms in total. The number of carbonyl (C=O) groups excluding carboxylic acids is 3. The number of amides is 1. The molecule has 0 unspecified atom stereocenters. The van der Waals surface area contributed by atoms with Crippen LogP contribution in [0, 0.1) is 6.42 Å². The molecule has 2 bridgehead atoms. The standard InChI is InChI=1S/C24H29N2O3/c1-2-17-25-23-19-15-13-11-9-7-5-3-4-6-8-10-12-14-16-22(28)26-20(24(19)29)18-21(23)27/h2-4,6,10,12,14,16,18,25H,1,5,7-9,11,13,15,17H2,(H,26,28). The normalized spacial score (nSPS) is 19.7. The van der Waals surface area contributed by atoms with Crippen LogP contribution >= 0.6 is 0 Å². The van der Waals surface area contributed by atoms with Gasteiger partial charge in [-0.05, 0) is 38.5 Å². The van der Waals surface area contributed by atoms with Crippen molar-refractivity contribution in [2.75, 3.05) is 6.54 Å². The van der Waals surface area contributed by atoms with Gasteiger partial charge in [0, 0.05) is 24.3 Å². The summed E-state index contributed by atoms with van der Waals surface area (Å²) in [7, 11) is 0. The average Bonchev–Trinajstić information content (AvgIpc) is 2.70. The van der Waals surface area contributed by atoms with Crippen molar-refractivity contribution < 1.29 is 14.4 Å². The third kappa shape index (κ3) is 7.53. The number of nitrogens with one attached hydrogen (secondary N) is 2. The van der Waals surface area contributed by atoms with Crippen molar-refractivity contribution in [2.45, 2.75) is 44.9 Å². The Labute approximate surface area is 173 Å². The van der Waals surface area contributed by atoms with Gasteiger partial charge in [0.25, 0.3) is 0 Å². The van der Waals surface area contributed by atoms with Gasteiger partial charge >= 0.3 is 0 Å². The van der Waals surface area contributed by atoms with Crippen molar-refractivity contribution in [3.63, 3.8) is 0 Å². The summed E-state index contributed by atoms with van der Waals surface area (Å²) < 4.78 is 0. The number of Topliss-reactive ketones (excluding diaryl/α,β-unsaturated/α-hetero) is 1. The molecule has 0 aromatic rings. The van der Waals surface area contributed by atoms with E-state index < -0.39 is 5.91 Å². The third-order valence-electron chi connectivity index (χ3n) is 4.61. The molecule has 0 atom stereocenters. The van der Waals surface area contributed by atoms with Gasteiger partial charge < -0.3 is 10.6 Å². The Morgan fingerprint density at radius 2 is 1.86 bits per heavy atom. The lowest BCUT2D eigenvalue weighted by molar-refractivity contribution is -0.119. The number of fused-ring (bicyclic) bond motifs is 2. The van der Waals surface area contributed by atoms with E-state index in [1.807, 2.05) is 6.08 Å². The van der Waals surface area contributed by atoms with Crippen molar-refractivity contribution in [2.24, 2.45) is 0 Å². The minimum absolute atomic E-state index is 0.0308. The van der Waals surface area contributed by atoms with Crippen molar-refractivity contribution >= 4 is 17.5 Å². The second kappa shape index (κ2) is 12.5. The SMILES string of the molecule is C=CCNC1=C2CCCCCCC=C[CH]CC=CC=CC(=O)NC(=CC1=O)C2=O. The summed E-state index contributed by atoms with van der Waals surface area (Å²) in [6.45, 7) is 4.04. The number of hydrogen-bond donors (Lipinski definition) is 2. The summed E-state index contributed by atoms with van der Waals surface area (Å²) in [4.78, 5) is 37.6. The molecule has 153 valence electrons. The zero-order valence-electron chi connectivity index (χ0n) is 16.8. The monoisotopic (exact) mass is 393 g/mol. The van der Waals surface area contributed by atoms with Gasteiger partial charge in [-0.25, -0.2) is 0 Å². The van der Waals surface area contributed by atoms with Crippen LogP contribution in [0.5, 0.6) is 0 Å². The van der Waals surface area contributed by atoms with Gasteiger partial charge in [-0.1, -0.05) is 49.3 Å². The first-order valence-electron chi connectivity index (χ1n) is 10.1. The van der Waals surface area contributed by atoms with Gasteiger partial charge in [0.15, 0.2) is 0 Å². The number of rotatable bonds is 3. The van der Waals surface area contributed by atoms with Crippen LogP contribution in [-0.4, -0.2) is 24.0 Å². The van der Waals surface area contributed by atoms with Crippen LogP contribution in [0.25, 0.3) is 0 Å². The maximum Gasteiger partial charge on any atom is 0.248 e. The molecule has 1 amide bonds. The minimum atomic E-state index is -0.439. The largest absolute Gasteiger partial charge is 0.378 e. The fourth-order valence-electron chi connectivity index (χ4n) is 3.13. The molecule has 1 aliphatic carbocycles. The van der Waals surface area contributed by atoms with Crippen LogP contribution in [0.3, 0.4) is 0 Å². The average molecular weight is 394 g/mol. The van der Waals surface area contributed by atoms with Gasteiger partial charge in [0.2, 0.25) is 17.5 Å². The first-order chi connectivity index (χ1) is 14.1. The van der Waals surface area contributed by atoms with Crippen molar-refractivity contribution in [1.29, 1.82) is 0 Å². The van der Waals surface area contributed by atoms with Crippen molar-refractivity contribution in [1.82, 2.24) is 10.6 Å². The molecule has 1 heterocycles. The molecule has 1 radical (unpaired) electrons. The van der Waals surface area contributed by atoms with E-state index in [1.54, 1.807) is 18.2 Å². The Bertz CT molecular complexity index is 782. The molecule has 29 heavy (non-hydrogen) atoms. The van der Waals surface area contributed by atoms with E-state index in [9.17, 15) is 14.4 Å². The maximum absolute atomic E-state index is 12.9.